The fourth-order valence-electron chi connectivity index (χ4n) is 5.84. The molecule has 4 bridgehead atoms. The van der Waals surface area contributed by atoms with Crippen LogP contribution in [-0.4, -0.2) is 18.7 Å². The summed E-state index contributed by atoms with van der Waals surface area (Å²) in [6.07, 6.45) is 9.85. The Kier molecular flexibility index (Phi) is 4.00. The SMILES string of the molecule is CCOc1ccc(CCNC23CC4CC(CC(C4)C2)C3)cc1N. The molecule has 0 saturated heterocycles. The van der Waals surface area contributed by atoms with Crippen molar-refractivity contribution in [1.82, 2.24) is 5.32 Å². The summed E-state index contributed by atoms with van der Waals surface area (Å²) >= 11 is 0. The molecule has 0 unspecified atom stereocenters. The van der Waals surface area contributed by atoms with E-state index >= 15 is 0 Å². The molecule has 126 valence electrons. The van der Waals surface area contributed by atoms with Crippen LogP contribution in [0.1, 0.15) is 51.0 Å². The van der Waals surface area contributed by atoms with E-state index in [0.29, 0.717) is 12.1 Å². The summed E-state index contributed by atoms with van der Waals surface area (Å²) in [5.74, 6) is 3.84. The molecule has 0 aromatic heterocycles. The largest absolute Gasteiger partial charge is 0.492 e. The van der Waals surface area contributed by atoms with Gasteiger partial charge in [-0.15, -0.1) is 0 Å². The topological polar surface area (TPSA) is 47.3 Å². The second kappa shape index (κ2) is 6.01. The van der Waals surface area contributed by atoms with Gasteiger partial charge in [0.1, 0.15) is 5.75 Å². The summed E-state index contributed by atoms with van der Waals surface area (Å²) in [5, 5.41) is 3.96. The van der Waals surface area contributed by atoms with Crippen LogP contribution in [0, 0.1) is 17.8 Å². The van der Waals surface area contributed by atoms with Crippen molar-refractivity contribution in [1.29, 1.82) is 0 Å². The number of anilines is 1. The number of nitrogen functional groups attached to an aromatic ring is 1. The summed E-state index contributed by atoms with van der Waals surface area (Å²) in [6, 6.07) is 6.24. The van der Waals surface area contributed by atoms with Gasteiger partial charge in [0.2, 0.25) is 0 Å². The van der Waals surface area contributed by atoms with Gasteiger partial charge in [-0.25, -0.2) is 0 Å². The van der Waals surface area contributed by atoms with Gasteiger partial charge < -0.3 is 15.8 Å². The van der Waals surface area contributed by atoms with Gasteiger partial charge in [-0.05, 0) is 93.9 Å². The highest BCUT2D eigenvalue weighted by atomic mass is 16.5. The monoisotopic (exact) mass is 314 g/mol. The Balaban J connectivity index is 1.34. The lowest BCUT2D eigenvalue weighted by Gasteiger charge is -2.57. The van der Waals surface area contributed by atoms with Gasteiger partial charge in [-0.3, -0.25) is 0 Å². The van der Waals surface area contributed by atoms with E-state index in [1.165, 1.54) is 44.1 Å². The van der Waals surface area contributed by atoms with Gasteiger partial charge in [-0.1, -0.05) is 6.07 Å². The van der Waals surface area contributed by atoms with Crippen LogP contribution < -0.4 is 15.8 Å². The Labute approximate surface area is 140 Å². The van der Waals surface area contributed by atoms with E-state index in [1.54, 1.807) is 0 Å². The van der Waals surface area contributed by atoms with Crippen molar-refractivity contribution in [3.05, 3.63) is 23.8 Å². The lowest BCUT2D eigenvalue weighted by molar-refractivity contribution is -0.0192. The molecule has 3 heteroatoms. The van der Waals surface area contributed by atoms with E-state index < -0.39 is 0 Å². The number of benzene rings is 1. The zero-order valence-electron chi connectivity index (χ0n) is 14.3. The number of nitrogens with two attached hydrogens (primary N) is 1. The fourth-order valence-corrected chi connectivity index (χ4v) is 5.84. The van der Waals surface area contributed by atoms with E-state index in [4.69, 9.17) is 10.5 Å². The molecule has 0 heterocycles. The van der Waals surface area contributed by atoms with Crippen LogP contribution in [-0.2, 0) is 6.42 Å². The molecule has 0 amide bonds. The Morgan fingerprint density at radius 3 is 2.35 bits per heavy atom. The van der Waals surface area contributed by atoms with Crippen LogP contribution in [0.15, 0.2) is 18.2 Å². The van der Waals surface area contributed by atoms with E-state index in [1.807, 2.05) is 13.0 Å². The first-order valence-corrected chi connectivity index (χ1v) is 9.42. The molecule has 1 aromatic rings. The first-order chi connectivity index (χ1) is 11.2. The zero-order valence-corrected chi connectivity index (χ0v) is 14.3. The van der Waals surface area contributed by atoms with E-state index in [9.17, 15) is 0 Å². The number of hydrogen-bond donors (Lipinski definition) is 2. The molecular weight excluding hydrogens is 284 g/mol. The van der Waals surface area contributed by atoms with Crippen molar-refractivity contribution < 1.29 is 4.74 Å². The predicted molar refractivity (Wildman–Crippen MR) is 94.6 cm³/mol. The number of hydrogen-bond acceptors (Lipinski definition) is 3. The van der Waals surface area contributed by atoms with Crippen LogP contribution in [0.25, 0.3) is 0 Å². The smallest absolute Gasteiger partial charge is 0.142 e. The quantitative estimate of drug-likeness (QED) is 0.786. The Hall–Kier alpha value is -1.22. The van der Waals surface area contributed by atoms with Crippen LogP contribution in [0.5, 0.6) is 5.75 Å². The second-order valence-corrected chi connectivity index (χ2v) is 8.18. The zero-order chi connectivity index (χ0) is 15.9. The second-order valence-electron chi connectivity index (χ2n) is 8.18. The van der Waals surface area contributed by atoms with Gasteiger partial charge in [0.15, 0.2) is 0 Å². The summed E-state index contributed by atoms with van der Waals surface area (Å²) < 4.78 is 5.52. The van der Waals surface area contributed by atoms with Gasteiger partial charge in [0, 0.05) is 5.54 Å². The highest BCUT2D eigenvalue weighted by molar-refractivity contribution is 5.54. The molecule has 3 nitrogen and oxygen atoms in total. The van der Waals surface area contributed by atoms with E-state index in [-0.39, 0.29) is 0 Å². The molecular formula is C20H30N2O. The van der Waals surface area contributed by atoms with Crippen LogP contribution >= 0.6 is 0 Å². The molecule has 4 saturated carbocycles. The van der Waals surface area contributed by atoms with Crippen molar-refractivity contribution in [3.63, 3.8) is 0 Å². The molecule has 4 fully saturated rings. The minimum absolute atomic E-state index is 0.464. The van der Waals surface area contributed by atoms with Crippen molar-refractivity contribution in [2.45, 2.75) is 57.4 Å². The van der Waals surface area contributed by atoms with Crippen LogP contribution in [0.3, 0.4) is 0 Å². The highest BCUT2D eigenvalue weighted by Crippen LogP contribution is 2.55. The molecule has 0 atom stereocenters. The minimum Gasteiger partial charge on any atom is -0.492 e. The van der Waals surface area contributed by atoms with Crippen molar-refractivity contribution in [2.24, 2.45) is 17.8 Å². The molecule has 4 aliphatic rings. The van der Waals surface area contributed by atoms with E-state index in [0.717, 1.165) is 42.2 Å². The molecule has 23 heavy (non-hydrogen) atoms. The first kappa shape index (κ1) is 15.3. The van der Waals surface area contributed by atoms with Gasteiger partial charge in [0.25, 0.3) is 0 Å². The van der Waals surface area contributed by atoms with E-state index in [2.05, 4.69) is 17.4 Å². The van der Waals surface area contributed by atoms with Crippen molar-refractivity contribution >= 4 is 5.69 Å². The summed E-state index contributed by atoms with van der Waals surface area (Å²) in [5.41, 5.74) is 8.62. The molecule has 0 aliphatic heterocycles. The molecule has 3 N–H and O–H groups in total. The maximum Gasteiger partial charge on any atom is 0.142 e. The molecule has 0 spiro atoms. The maximum atomic E-state index is 6.08. The lowest BCUT2D eigenvalue weighted by atomic mass is 9.53. The molecule has 4 aliphatic carbocycles. The lowest BCUT2D eigenvalue weighted by Crippen LogP contribution is -2.58. The first-order valence-electron chi connectivity index (χ1n) is 9.42. The average Bonchev–Trinajstić information content (AvgIpc) is 2.48. The molecule has 1 aromatic carbocycles. The van der Waals surface area contributed by atoms with Gasteiger partial charge >= 0.3 is 0 Å². The highest BCUT2D eigenvalue weighted by Gasteiger charge is 2.50. The minimum atomic E-state index is 0.464. The fraction of sp³-hybridized carbons (Fsp3) is 0.700. The predicted octanol–water partition coefficient (Wildman–Crippen LogP) is 3.77. The van der Waals surface area contributed by atoms with Gasteiger partial charge in [-0.2, -0.15) is 0 Å². The third kappa shape index (κ3) is 3.08. The van der Waals surface area contributed by atoms with Crippen LogP contribution in [0.2, 0.25) is 0 Å². The number of nitrogens with one attached hydrogen (secondary N) is 1. The maximum absolute atomic E-state index is 6.08. The molecule has 0 radical (unpaired) electrons. The summed E-state index contributed by atoms with van der Waals surface area (Å²) in [7, 11) is 0. The summed E-state index contributed by atoms with van der Waals surface area (Å²) in [4.78, 5) is 0. The standard InChI is InChI=1S/C20H30N2O/c1-2-23-19-4-3-14(10-18(19)21)5-6-22-20-11-15-7-16(12-20)9-17(8-15)13-20/h3-4,10,15-17,22H,2,5-9,11-13,21H2,1H3. The Morgan fingerprint density at radius 2 is 1.78 bits per heavy atom. The Morgan fingerprint density at radius 1 is 1.13 bits per heavy atom. The van der Waals surface area contributed by atoms with Crippen molar-refractivity contribution in [3.8, 4) is 5.75 Å². The van der Waals surface area contributed by atoms with Crippen molar-refractivity contribution in [2.75, 3.05) is 18.9 Å². The van der Waals surface area contributed by atoms with Gasteiger partial charge in [0.05, 0.1) is 12.3 Å². The third-order valence-corrected chi connectivity index (χ3v) is 6.33. The Bertz CT molecular complexity index is 533. The molecule has 5 rings (SSSR count). The van der Waals surface area contributed by atoms with Crippen LogP contribution in [0.4, 0.5) is 5.69 Å². The number of rotatable bonds is 6. The number of ether oxygens (including phenoxy) is 1. The normalized spacial score (nSPS) is 34.7. The average molecular weight is 314 g/mol. The summed E-state index contributed by atoms with van der Waals surface area (Å²) in [6.45, 7) is 3.72. The third-order valence-electron chi connectivity index (χ3n) is 6.33.